The molecule has 0 rings (SSSR count). The van der Waals surface area contributed by atoms with Gasteiger partial charge in [-0.3, -0.25) is 4.79 Å². The van der Waals surface area contributed by atoms with E-state index in [4.69, 9.17) is 0 Å². The summed E-state index contributed by atoms with van der Waals surface area (Å²) in [5, 5.41) is 6.44. The molecule has 0 spiro atoms. The van der Waals surface area contributed by atoms with Gasteiger partial charge in [-0.15, -0.1) is 0 Å². The van der Waals surface area contributed by atoms with E-state index in [0.29, 0.717) is 5.25 Å². The van der Waals surface area contributed by atoms with Crippen LogP contribution < -0.4 is 10.6 Å². The highest BCUT2D eigenvalue weighted by Crippen LogP contribution is 2.07. The lowest BCUT2D eigenvalue weighted by Gasteiger charge is -2.13. The highest BCUT2D eigenvalue weighted by atomic mass is 32.2. The summed E-state index contributed by atoms with van der Waals surface area (Å²) in [7, 11) is 1.66. The maximum Gasteiger partial charge on any atom is 0.236 e. The minimum atomic E-state index is -0.0842. The Hall–Kier alpha value is -0.220. The SMILES string of the molecule is CNC(=O)C(C)NCCC(C)SC. The van der Waals surface area contributed by atoms with Gasteiger partial charge in [0.15, 0.2) is 0 Å². The van der Waals surface area contributed by atoms with Crippen LogP contribution in [0, 0.1) is 0 Å². The standard InChI is InChI=1S/C9H20N2OS/c1-7(13-4)5-6-11-8(2)9(12)10-3/h7-8,11H,5-6H2,1-4H3,(H,10,12). The number of hydrogen-bond donors (Lipinski definition) is 2. The molecule has 1 amide bonds. The van der Waals surface area contributed by atoms with Crippen LogP contribution in [0.4, 0.5) is 0 Å². The second-order valence-electron chi connectivity index (χ2n) is 3.13. The molecular weight excluding hydrogens is 184 g/mol. The van der Waals surface area contributed by atoms with Gasteiger partial charge < -0.3 is 10.6 Å². The lowest BCUT2D eigenvalue weighted by molar-refractivity contribution is -0.122. The zero-order chi connectivity index (χ0) is 10.3. The van der Waals surface area contributed by atoms with Crippen molar-refractivity contribution in [2.75, 3.05) is 19.8 Å². The number of nitrogens with one attached hydrogen (secondary N) is 2. The molecule has 2 N–H and O–H groups in total. The zero-order valence-corrected chi connectivity index (χ0v) is 9.70. The van der Waals surface area contributed by atoms with Gasteiger partial charge in [-0.25, -0.2) is 0 Å². The Kier molecular flexibility index (Phi) is 7.09. The van der Waals surface area contributed by atoms with Gasteiger partial charge in [-0.1, -0.05) is 6.92 Å². The fourth-order valence-corrected chi connectivity index (χ4v) is 1.28. The van der Waals surface area contributed by atoms with Crippen molar-refractivity contribution in [1.82, 2.24) is 10.6 Å². The average molecular weight is 204 g/mol. The number of amides is 1. The van der Waals surface area contributed by atoms with Crippen LogP contribution in [0.2, 0.25) is 0 Å². The Morgan fingerprint density at radius 1 is 1.46 bits per heavy atom. The third-order valence-corrected chi connectivity index (χ3v) is 3.08. The normalized spacial score (nSPS) is 15.1. The molecule has 0 bridgehead atoms. The molecule has 0 aromatic carbocycles. The molecule has 0 aliphatic carbocycles. The summed E-state index contributed by atoms with van der Waals surface area (Å²) in [6.45, 7) is 4.97. The predicted molar refractivity (Wildman–Crippen MR) is 59.1 cm³/mol. The summed E-state index contributed by atoms with van der Waals surface area (Å²) in [6.07, 6.45) is 3.20. The van der Waals surface area contributed by atoms with Crippen molar-refractivity contribution < 1.29 is 4.79 Å². The first kappa shape index (κ1) is 12.8. The van der Waals surface area contributed by atoms with Crippen molar-refractivity contribution in [1.29, 1.82) is 0 Å². The van der Waals surface area contributed by atoms with Gasteiger partial charge in [0.05, 0.1) is 6.04 Å². The van der Waals surface area contributed by atoms with Gasteiger partial charge in [0.2, 0.25) is 5.91 Å². The van der Waals surface area contributed by atoms with E-state index in [2.05, 4.69) is 23.8 Å². The summed E-state index contributed by atoms with van der Waals surface area (Å²) >= 11 is 1.85. The summed E-state index contributed by atoms with van der Waals surface area (Å²) in [5.41, 5.74) is 0. The van der Waals surface area contributed by atoms with E-state index in [1.807, 2.05) is 18.7 Å². The average Bonchev–Trinajstić information content (AvgIpc) is 2.15. The molecule has 0 heterocycles. The molecule has 4 heteroatoms. The minimum absolute atomic E-state index is 0.0526. The third kappa shape index (κ3) is 5.93. The first-order valence-electron chi connectivity index (χ1n) is 4.59. The van der Waals surface area contributed by atoms with Crippen molar-refractivity contribution in [3.05, 3.63) is 0 Å². The molecule has 0 saturated heterocycles. The van der Waals surface area contributed by atoms with Crippen LogP contribution in [-0.2, 0) is 4.79 Å². The molecule has 0 aliphatic heterocycles. The molecule has 0 aromatic heterocycles. The smallest absolute Gasteiger partial charge is 0.236 e. The van der Waals surface area contributed by atoms with E-state index in [1.54, 1.807) is 7.05 Å². The van der Waals surface area contributed by atoms with Crippen molar-refractivity contribution in [3.8, 4) is 0 Å². The second kappa shape index (κ2) is 7.21. The highest BCUT2D eigenvalue weighted by Gasteiger charge is 2.09. The largest absolute Gasteiger partial charge is 0.358 e. The molecule has 0 fully saturated rings. The number of carbonyl (C=O) groups is 1. The minimum Gasteiger partial charge on any atom is -0.358 e. The Balaban J connectivity index is 3.47. The van der Waals surface area contributed by atoms with Gasteiger partial charge in [-0.05, 0) is 26.1 Å². The fraction of sp³-hybridized carbons (Fsp3) is 0.889. The molecule has 0 radical (unpaired) electrons. The molecule has 3 nitrogen and oxygen atoms in total. The number of likely N-dealkylation sites (N-methyl/N-ethyl adjacent to an activating group) is 1. The van der Waals surface area contributed by atoms with E-state index < -0.39 is 0 Å². The molecular formula is C9H20N2OS. The molecule has 13 heavy (non-hydrogen) atoms. The van der Waals surface area contributed by atoms with Crippen LogP contribution in [-0.4, -0.2) is 37.0 Å². The van der Waals surface area contributed by atoms with Gasteiger partial charge in [0, 0.05) is 12.3 Å². The zero-order valence-electron chi connectivity index (χ0n) is 8.89. The van der Waals surface area contributed by atoms with Gasteiger partial charge in [-0.2, -0.15) is 11.8 Å². The predicted octanol–water partition coefficient (Wildman–Crippen LogP) is 0.852. The number of thioether (sulfide) groups is 1. The van der Waals surface area contributed by atoms with Crippen LogP contribution in [0.5, 0.6) is 0 Å². The monoisotopic (exact) mass is 204 g/mol. The first-order valence-corrected chi connectivity index (χ1v) is 5.88. The third-order valence-electron chi connectivity index (χ3n) is 2.04. The van der Waals surface area contributed by atoms with Crippen LogP contribution in [0.3, 0.4) is 0 Å². The van der Waals surface area contributed by atoms with Crippen molar-refractivity contribution >= 4 is 17.7 Å². The quantitative estimate of drug-likeness (QED) is 0.674. The maximum absolute atomic E-state index is 11.1. The van der Waals surface area contributed by atoms with Crippen molar-refractivity contribution in [2.24, 2.45) is 0 Å². The number of rotatable bonds is 6. The van der Waals surface area contributed by atoms with Crippen LogP contribution >= 0.6 is 11.8 Å². The lowest BCUT2D eigenvalue weighted by Crippen LogP contribution is -2.41. The van der Waals surface area contributed by atoms with E-state index >= 15 is 0 Å². The van der Waals surface area contributed by atoms with E-state index in [-0.39, 0.29) is 11.9 Å². The molecule has 0 saturated carbocycles. The Bertz CT molecular complexity index is 153. The number of carbonyl (C=O) groups excluding carboxylic acids is 1. The van der Waals surface area contributed by atoms with Crippen molar-refractivity contribution in [3.63, 3.8) is 0 Å². The van der Waals surface area contributed by atoms with Gasteiger partial charge >= 0.3 is 0 Å². The van der Waals surface area contributed by atoms with E-state index in [9.17, 15) is 4.79 Å². The molecule has 0 aromatic rings. The molecule has 2 unspecified atom stereocenters. The lowest BCUT2D eigenvalue weighted by atomic mass is 10.3. The fourth-order valence-electron chi connectivity index (χ4n) is 0.930. The molecule has 2 atom stereocenters. The summed E-state index contributed by atoms with van der Waals surface area (Å²) in [4.78, 5) is 11.1. The molecule has 0 aliphatic rings. The number of hydrogen-bond acceptors (Lipinski definition) is 3. The summed E-state index contributed by atoms with van der Waals surface area (Å²) in [6, 6.07) is -0.0842. The topological polar surface area (TPSA) is 41.1 Å². The Morgan fingerprint density at radius 2 is 2.08 bits per heavy atom. The van der Waals surface area contributed by atoms with Crippen molar-refractivity contribution in [2.45, 2.75) is 31.6 Å². The second-order valence-corrected chi connectivity index (χ2v) is 4.40. The van der Waals surface area contributed by atoms with E-state index in [0.717, 1.165) is 13.0 Å². The Morgan fingerprint density at radius 3 is 2.54 bits per heavy atom. The summed E-state index contributed by atoms with van der Waals surface area (Å²) < 4.78 is 0. The van der Waals surface area contributed by atoms with Crippen LogP contribution in [0.15, 0.2) is 0 Å². The molecule has 78 valence electrons. The van der Waals surface area contributed by atoms with Crippen LogP contribution in [0.1, 0.15) is 20.3 Å². The highest BCUT2D eigenvalue weighted by molar-refractivity contribution is 7.99. The van der Waals surface area contributed by atoms with Gasteiger partial charge in [0.1, 0.15) is 0 Å². The van der Waals surface area contributed by atoms with E-state index in [1.165, 1.54) is 0 Å². The van der Waals surface area contributed by atoms with Crippen LogP contribution in [0.25, 0.3) is 0 Å². The summed E-state index contributed by atoms with van der Waals surface area (Å²) in [5.74, 6) is 0.0526. The maximum atomic E-state index is 11.1. The first-order chi connectivity index (χ1) is 6.11. The van der Waals surface area contributed by atoms with Gasteiger partial charge in [0.25, 0.3) is 0 Å². The Labute approximate surface area is 85.0 Å².